The maximum atomic E-state index is 14.5. The number of carbonyl (C=O) groups excluding carboxylic acids is 1. The number of ether oxygens (including phenoxy) is 2. The molecule has 0 aliphatic carbocycles. The smallest absolute Gasteiger partial charge is 0.256 e. The van der Waals surface area contributed by atoms with E-state index in [1.165, 1.54) is 44.6 Å². The molecule has 0 saturated carbocycles. The fourth-order valence-corrected chi connectivity index (χ4v) is 5.70. The van der Waals surface area contributed by atoms with E-state index in [-0.39, 0.29) is 40.8 Å². The fraction of sp³-hybridized carbons (Fsp3) is 0.321. The van der Waals surface area contributed by atoms with Crippen molar-refractivity contribution in [1.29, 1.82) is 0 Å². The number of piperazine rings is 1. The van der Waals surface area contributed by atoms with Crippen LogP contribution in [0.5, 0.6) is 11.5 Å². The molecule has 0 N–H and O–H groups in total. The Morgan fingerprint density at radius 3 is 2.26 bits per heavy atom. The van der Waals surface area contributed by atoms with Crippen molar-refractivity contribution in [2.75, 3.05) is 55.9 Å². The number of sulfonamides is 1. The number of nitrogens with zero attached hydrogens (tertiary/aromatic N) is 3. The number of methoxy groups -OCH3 is 2. The fourth-order valence-electron chi connectivity index (χ4n) is 4.65. The lowest BCUT2D eigenvalue weighted by Gasteiger charge is -2.37. The van der Waals surface area contributed by atoms with Crippen molar-refractivity contribution in [2.24, 2.45) is 0 Å². The SMILES string of the molecule is COc1cc(C(=O)N2CCN(c3cc(Cl)ccc3C)CC2)c(N(Cc2ccccc2F)S(C)(=O)=O)cc1OC. The lowest BCUT2D eigenvalue weighted by Crippen LogP contribution is -2.49. The number of aryl methyl sites for hydroxylation is 1. The van der Waals surface area contributed by atoms with E-state index in [9.17, 15) is 17.6 Å². The van der Waals surface area contributed by atoms with Gasteiger partial charge >= 0.3 is 0 Å². The molecule has 39 heavy (non-hydrogen) atoms. The zero-order valence-corrected chi connectivity index (χ0v) is 23.9. The summed E-state index contributed by atoms with van der Waals surface area (Å²) >= 11 is 6.21. The molecular weight excluding hydrogens is 545 g/mol. The van der Waals surface area contributed by atoms with Crippen LogP contribution in [-0.2, 0) is 16.6 Å². The lowest BCUT2D eigenvalue weighted by molar-refractivity contribution is 0.0747. The second-order valence-corrected chi connectivity index (χ2v) is 11.6. The van der Waals surface area contributed by atoms with Crippen LogP contribution in [0.1, 0.15) is 21.5 Å². The third-order valence-electron chi connectivity index (χ3n) is 6.75. The van der Waals surface area contributed by atoms with Crippen molar-refractivity contribution in [3.63, 3.8) is 0 Å². The van der Waals surface area contributed by atoms with E-state index in [2.05, 4.69) is 4.90 Å². The highest BCUT2D eigenvalue weighted by atomic mass is 35.5. The summed E-state index contributed by atoms with van der Waals surface area (Å²) in [5.74, 6) is -0.396. The Bertz CT molecular complexity index is 1480. The number of benzene rings is 3. The van der Waals surface area contributed by atoms with Gasteiger partial charge in [-0.25, -0.2) is 12.8 Å². The van der Waals surface area contributed by atoms with Crippen molar-refractivity contribution in [1.82, 2.24) is 4.90 Å². The summed E-state index contributed by atoms with van der Waals surface area (Å²) in [7, 11) is -1.08. The highest BCUT2D eigenvalue weighted by molar-refractivity contribution is 7.92. The van der Waals surface area contributed by atoms with Crippen LogP contribution in [0.25, 0.3) is 0 Å². The molecule has 1 fully saturated rings. The van der Waals surface area contributed by atoms with E-state index in [1.807, 2.05) is 25.1 Å². The van der Waals surface area contributed by atoms with Crippen LogP contribution in [0.2, 0.25) is 5.02 Å². The van der Waals surface area contributed by atoms with Gasteiger partial charge in [0.25, 0.3) is 5.91 Å². The van der Waals surface area contributed by atoms with Gasteiger partial charge in [-0.3, -0.25) is 9.10 Å². The van der Waals surface area contributed by atoms with Crippen molar-refractivity contribution in [2.45, 2.75) is 13.5 Å². The normalized spacial score (nSPS) is 13.8. The van der Waals surface area contributed by atoms with Crippen LogP contribution in [0.4, 0.5) is 15.8 Å². The van der Waals surface area contributed by atoms with E-state index in [0.29, 0.717) is 31.2 Å². The zero-order valence-electron chi connectivity index (χ0n) is 22.3. The molecule has 3 aromatic rings. The summed E-state index contributed by atoms with van der Waals surface area (Å²) in [6, 6.07) is 14.6. The second kappa shape index (κ2) is 11.7. The number of hydrogen-bond acceptors (Lipinski definition) is 6. The first-order chi connectivity index (χ1) is 18.5. The molecule has 11 heteroatoms. The Balaban J connectivity index is 1.70. The van der Waals surface area contributed by atoms with Crippen LogP contribution in [-0.4, -0.2) is 65.9 Å². The van der Waals surface area contributed by atoms with Gasteiger partial charge in [0, 0.05) is 48.5 Å². The van der Waals surface area contributed by atoms with Gasteiger partial charge in [-0.1, -0.05) is 35.9 Å². The summed E-state index contributed by atoms with van der Waals surface area (Å²) in [5, 5.41) is 0.639. The Morgan fingerprint density at radius 2 is 1.64 bits per heavy atom. The molecule has 0 aromatic heterocycles. The number of anilines is 2. The highest BCUT2D eigenvalue weighted by Crippen LogP contribution is 2.38. The van der Waals surface area contributed by atoms with E-state index < -0.39 is 15.8 Å². The minimum absolute atomic E-state index is 0.0801. The average molecular weight is 576 g/mol. The zero-order chi connectivity index (χ0) is 28.3. The molecule has 1 amide bonds. The molecule has 1 saturated heterocycles. The molecule has 1 aliphatic heterocycles. The molecule has 4 rings (SSSR count). The van der Waals surface area contributed by atoms with Crippen molar-refractivity contribution in [3.05, 3.63) is 82.1 Å². The molecule has 0 bridgehead atoms. The quantitative estimate of drug-likeness (QED) is 0.386. The predicted molar refractivity (Wildman–Crippen MR) is 151 cm³/mol. The van der Waals surface area contributed by atoms with Crippen LogP contribution in [0.3, 0.4) is 0 Å². The third kappa shape index (κ3) is 6.23. The highest BCUT2D eigenvalue weighted by Gasteiger charge is 2.31. The van der Waals surface area contributed by atoms with E-state index in [0.717, 1.165) is 21.8 Å². The third-order valence-corrected chi connectivity index (χ3v) is 8.11. The monoisotopic (exact) mass is 575 g/mol. The van der Waals surface area contributed by atoms with Gasteiger partial charge in [0.1, 0.15) is 5.82 Å². The first-order valence-corrected chi connectivity index (χ1v) is 14.5. The maximum Gasteiger partial charge on any atom is 0.256 e. The van der Waals surface area contributed by atoms with Gasteiger partial charge < -0.3 is 19.3 Å². The molecule has 3 aromatic carbocycles. The lowest BCUT2D eigenvalue weighted by atomic mass is 10.1. The summed E-state index contributed by atoms with van der Waals surface area (Å²) < 4.78 is 52.4. The molecule has 1 aliphatic rings. The van der Waals surface area contributed by atoms with E-state index in [1.54, 1.807) is 11.0 Å². The molecule has 1 heterocycles. The first kappa shape index (κ1) is 28.5. The molecule has 0 spiro atoms. The van der Waals surface area contributed by atoms with Gasteiger partial charge in [-0.15, -0.1) is 0 Å². The van der Waals surface area contributed by atoms with Gasteiger partial charge in [0.05, 0.1) is 38.3 Å². The van der Waals surface area contributed by atoms with Crippen LogP contribution in [0, 0.1) is 12.7 Å². The standard InChI is InChI=1S/C28H31ClFN3O5S/c1-19-9-10-21(29)15-24(19)31-11-13-32(14-12-31)28(34)22-16-26(37-2)27(38-3)17-25(22)33(39(4,35)36)18-20-7-5-6-8-23(20)30/h5-10,15-17H,11-14,18H2,1-4H3. The summed E-state index contributed by atoms with van der Waals surface area (Å²) in [5.41, 5.74) is 2.45. The summed E-state index contributed by atoms with van der Waals surface area (Å²) in [6.45, 7) is 3.66. The van der Waals surface area contributed by atoms with Crippen LogP contribution < -0.4 is 18.7 Å². The van der Waals surface area contributed by atoms with Crippen LogP contribution >= 0.6 is 11.6 Å². The van der Waals surface area contributed by atoms with Crippen molar-refractivity contribution < 1.29 is 27.1 Å². The Labute approximate surface area is 233 Å². The Morgan fingerprint density at radius 1 is 1.00 bits per heavy atom. The molecular formula is C28H31ClFN3O5S. The van der Waals surface area contributed by atoms with Crippen LogP contribution in [0.15, 0.2) is 54.6 Å². The topological polar surface area (TPSA) is 79.4 Å². The second-order valence-electron chi connectivity index (χ2n) is 9.30. The number of rotatable bonds is 8. The van der Waals surface area contributed by atoms with Gasteiger partial charge in [-0.2, -0.15) is 0 Å². The van der Waals surface area contributed by atoms with E-state index in [4.69, 9.17) is 21.1 Å². The summed E-state index contributed by atoms with van der Waals surface area (Å²) in [4.78, 5) is 17.7. The largest absolute Gasteiger partial charge is 0.493 e. The predicted octanol–water partition coefficient (Wildman–Crippen LogP) is 4.73. The molecule has 0 atom stereocenters. The Kier molecular flexibility index (Phi) is 8.56. The van der Waals surface area contributed by atoms with Gasteiger partial charge in [0.15, 0.2) is 11.5 Å². The summed E-state index contributed by atoms with van der Waals surface area (Å²) in [6.07, 6.45) is 1.02. The molecule has 208 valence electrons. The van der Waals surface area contributed by atoms with E-state index >= 15 is 0 Å². The molecule has 0 radical (unpaired) electrons. The first-order valence-electron chi connectivity index (χ1n) is 12.3. The Hall–Kier alpha value is -3.50. The number of halogens is 2. The average Bonchev–Trinajstić information content (AvgIpc) is 2.92. The van der Waals surface area contributed by atoms with Crippen molar-refractivity contribution >= 4 is 38.9 Å². The number of hydrogen-bond donors (Lipinski definition) is 0. The van der Waals surface area contributed by atoms with Gasteiger partial charge in [-0.05, 0) is 36.8 Å². The van der Waals surface area contributed by atoms with Crippen molar-refractivity contribution in [3.8, 4) is 11.5 Å². The minimum atomic E-state index is -3.94. The molecule has 0 unspecified atom stereocenters. The maximum absolute atomic E-state index is 14.5. The number of carbonyl (C=O) groups is 1. The minimum Gasteiger partial charge on any atom is -0.493 e. The van der Waals surface area contributed by atoms with Gasteiger partial charge in [0.2, 0.25) is 10.0 Å². The molecule has 8 nitrogen and oxygen atoms in total. The number of amides is 1.